The van der Waals surface area contributed by atoms with Crippen LogP contribution in [-0.4, -0.2) is 18.6 Å². The van der Waals surface area contributed by atoms with Gasteiger partial charge in [0.1, 0.15) is 11.4 Å². The van der Waals surface area contributed by atoms with Crippen molar-refractivity contribution in [2.75, 3.05) is 6.54 Å². The van der Waals surface area contributed by atoms with Crippen molar-refractivity contribution < 1.29 is 22.7 Å². The summed E-state index contributed by atoms with van der Waals surface area (Å²) in [5.41, 5.74) is 0.0225. The van der Waals surface area contributed by atoms with Gasteiger partial charge in [-0.05, 0) is 49.9 Å². The molecule has 0 radical (unpaired) electrons. The van der Waals surface area contributed by atoms with Gasteiger partial charge in [-0.25, -0.2) is 13.6 Å². The molecule has 1 amide bonds. The van der Waals surface area contributed by atoms with Gasteiger partial charge in [0.05, 0.1) is 5.02 Å². The van der Waals surface area contributed by atoms with Crippen LogP contribution in [0, 0.1) is 17.6 Å². The van der Waals surface area contributed by atoms with Gasteiger partial charge in [0, 0.05) is 35.2 Å². The topological polar surface area (TPSA) is 68.5 Å². The molecule has 4 rings (SSSR count). The first-order valence-electron chi connectivity index (χ1n) is 9.49. The minimum absolute atomic E-state index is 0.0554. The lowest BCUT2D eigenvalue weighted by Gasteiger charge is -2.16. The monoisotopic (exact) mass is 433 g/mol. The molecule has 1 atom stereocenters. The van der Waals surface area contributed by atoms with Crippen molar-refractivity contribution in [3.05, 3.63) is 63.5 Å². The highest BCUT2D eigenvalue weighted by Crippen LogP contribution is 2.35. The molecule has 8 heteroatoms. The average Bonchev–Trinajstić information content (AvgIpc) is 3.51. The van der Waals surface area contributed by atoms with Crippen LogP contribution in [0.25, 0.3) is 22.1 Å². The third-order valence-electron chi connectivity index (χ3n) is 4.95. The van der Waals surface area contributed by atoms with Crippen LogP contribution in [0.1, 0.15) is 19.8 Å². The number of hydrogen-bond donors (Lipinski definition) is 1. The Hall–Kier alpha value is -2.93. The first-order chi connectivity index (χ1) is 14.3. The fourth-order valence-electron chi connectivity index (χ4n) is 3.14. The SMILES string of the molecule is C[C@@H](Oc1cc2oc(=O)cc(-c3ccc(F)cc3Cl)c2cc1F)C(=O)NCC1CC1. The molecule has 2 aromatic carbocycles. The van der Waals surface area contributed by atoms with Gasteiger partial charge < -0.3 is 14.5 Å². The van der Waals surface area contributed by atoms with Crippen molar-refractivity contribution in [1.29, 1.82) is 0 Å². The molecule has 1 saturated carbocycles. The molecule has 1 N–H and O–H groups in total. The second-order valence-corrected chi connectivity index (χ2v) is 7.74. The predicted molar refractivity (Wildman–Crippen MR) is 109 cm³/mol. The number of hydrogen-bond acceptors (Lipinski definition) is 4. The molecular weight excluding hydrogens is 416 g/mol. The lowest BCUT2D eigenvalue weighted by Crippen LogP contribution is -2.37. The largest absolute Gasteiger partial charge is 0.478 e. The Labute approximate surface area is 175 Å². The highest BCUT2D eigenvalue weighted by atomic mass is 35.5. The fraction of sp³-hybridized carbons (Fsp3) is 0.273. The first-order valence-corrected chi connectivity index (χ1v) is 9.87. The average molecular weight is 434 g/mol. The van der Waals surface area contributed by atoms with E-state index in [9.17, 15) is 18.4 Å². The molecule has 0 bridgehead atoms. The standard InChI is InChI=1S/C22H18ClF2NO4/c1-11(22(28)26-10-12-2-3-12)29-20-9-19-16(7-18(20)25)15(8-21(27)30-19)14-5-4-13(24)6-17(14)23/h4-9,11-12H,2-3,10H2,1H3,(H,26,28)/t11-/m1/s1. The van der Waals surface area contributed by atoms with E-state index in [2.05, 4.69) is 5.32 Å². The van der Waals surface area contributed by atoms with Crippen molar-refractivity contribution in [1.82, 2.24) is 5.32 Å². The van der Waals surface area contributed by atoms with Crippen LogP contribution in [0.3, 0.4) is 0 Å². The second-order valence-electron chi connectivity index (χ2n) is 7.33. The number of carbonyl (C=O) groups excluding carboxylic acids is 1. The summed E-state index contributed by atoms with van der Waals surface area (Å²) in [6, 6.07) is 7.22. The Bertz CT molecular complexity index is 1190. The quantitative estimate of drug-likeness (QED) is 0.573. The number of benzene rings is 2. The molecule has 1 fully saturated rings. The predicted octanol–water partition coefficient (Wildman–Crippen LogP) is 4.69. The number of fused-ring (bicyclic) bond motifs is 1. The van der Waals surface area contributed by atoms with E-state index in [1.165, 1.54) is 25.1 Å². The molecule has 0 aliphatic heterocycles. The van der Waals surface area contributed by atoms with Crippen LogP contribution in [-0.2, 0) is 4.79 Å². The summed E-state index contributed by atoms with van der Waals surface area (Å²) in [6.45, 7) is 2.08. The van der Waals surface area contributed by atoms with Crippen LogP contribution in [0.4, 0.5) is 8.78 Å². The molecule has 1 aromatic heterocycles. The van der Waals surface area contributed by atoms with Gasteiger partial charge in [-0.1, -0.05) is 11.6 Å². The van der Waals surface area contributed by atoms with Gasteiger partial charge in [0.15, 0.2) is 17.7 Å². The summed E-state index contributed by atoms with van der Waals surface area (Å²) < 4.78 is 38.8. The third-order valence-corrected chi connectivity index (χ3v) is 5.27. The Balaban J connectivity index is 1.68. The summed E-state index contributed by atoms with van der Waals surface area (Å²) in [4.78, 5) is 24.2. The van der Waals surface area contributed by atoms with Gasteiger partial charge in [0.2, 0.25) is 0 Å². The van der Waals surface area contributed by atoms with Gasteiger partial charge in [-0.3, -0.25) is 4.79 Å². The van der Waals surface area contributed by atoms with Gasteiger partial charge in [-0.2, -0.15) is 0 Å². The number of carbonyl (C=O) groups is 1. The van der Waals surface area contributed by atoms with Crippen LogP contribution in [0.2, 0.25) is 5.02 Å². The number of halogens is 3. The Morgan fingerprint density at radius 1 is 1.23 bits per heavy atom. The van der Waals surface area contributed by atoms with Crippen molar-refractivity contribution in [2.45, 2.75) is 25.9 Å². The molecule has 1 aliphatic rings. The van der Waals surface area contributed by atoms with Crippen LogP contribution in [0.15, 0.2) is 45.6 Å². The zero-order valence-electron chi connectivity index (χ0n) is 16.0. The Morgan fingerprint density at radius 3 is 2.70 bits per heavy atom. The van der Waals surface area contributed by atoms with E-state index in [-0.39, 0.29) is 27.6 Å². The number of rotatable bonds is 6. The maximum Gasteiger partial charge on any atom is 0.336 e. The van der Waals surface area contributed by atoms with E-state index in [1.807, 2.05) is 0 Å². The molecule has 0 spiro atoms. The maximum atomic E-state index is 14.8. The zero-order chi connectivity index (χ0) is 21.4. The van der Waals surface area contributed by atoms with Crippen LogP contribution < -0.4 is 15.7 Å². The molecule has 3 aromatic rings. The Kier molecular flexibility index (Phi) is 5.47. The number of amides is 1. The van der Waals surface area contributed by atoms with E-state index < -0.39 is 23.4 Å². The van der Waals surface area contributed by atoms with E-state index in [4.69, 9.17) is 20.8 Å². The number of nitrogens with one attached hydrogen (secondary N) is 1. The molecule has 0 unspecified atom stereocenters. The number of ether oxygens (including phenoxy) is 1. The first kappa shape index (κ1) is 20.3. The van der Waals surface area contributed by atoms with Crippen molar-refractivity contribution >= 4 is 28.5 Å². The maximum absolute atomic E-state index is 14.8. The van der Waals surface area contributed by atoms with Crippen molar-refractivity contribution in [3.63, 3.8) is 0 Å². The highest BCUT2D eigenvalue weighted by molar-refractivity contribution is 6.33. The summed E-state index contributed by atoms with van der Waals surface area (Å²) in [5.74, 6) is -1.34. The lowest BCUT2D eigenvalue weighted by atomic mass is 10.0. The van der Waals surface area contributed by atoms with E-state index >= 15 is 0 Å². The highest BCUT2D eigenvalue weighted by Gasteiger charge is 2.24. The van der Waals surface area contributed by atoms with Crippen molar-refractivity contribution in [3.8, 4) is 16.9 Å². The molecule has 0 saturated heterocycles. The van der Waals surface area contributed by atoms with Gasteiger partial charge in [-0.15, -0.1) is 0 Å². The van der Waals surface area contributed by atoms with Gasteiger partial charge >= 0.3 is 5.63 Å². The summed E-state index contributed by atoms with van der Waals surface area (Å²) in [7, 11) is 0. The zero-order valence-corrected chi connectivity index (χ0v) is 16.8. The minimum atomic E-state index is -0.933. The van der Waals surface area contributed by atoms with E-state index in [0.29, 0.717) is 23.6 Å². The second kappa shape index (κ2) is 8.07. The Morgan fingerprint density at radius 2 is 2.00 bits per heavy atom. The third kappa shape index (κ3) is 4.31. The molecule has 156 valence electrons. The van der Waals surface area contributed by atoms with E-state index in [0.717, 1.165) is 31.0 Å². The fourth-order valence-corrected chi connectivity index (χ4v) is 3.41. The summed E-state index contributed by atoms with van der Waals surface area (Å²) in [5, 5.41) is 3.10. The lowest BCUT2D eigenvalue weighted by molar-refractivity contribution is -0.127. The smallest absolute Gasteiger partial charge is 0.336 e. The normalized spacial score (nSPS) is 14.5. The summed E-state index contributed by atoms with van der Waals surface area (Å²) in [6.07, 6.45) is 1.25. The molecule has 1 heterocycles. The van der Waals surface area contributed by atoms with Gasteiger partial charge in [0.25, 0.3) is 5.91 Å². The molecule has 5 nitrogen and oxygen atoms in total. The summed E-state index contributed by atoms with van der Waals surface area (Å²) >= 11 is 6.11. The van der Waals surface area contributed by atoms with Crippen LogP contribution in [0.5, 0.6) is 5.75 Å². The van der Waals surface area contributed by atoms with E-state index in [1.54, 1.807) is 0 Å². The molecule has 1 aliphatic carbocycles. The minimum Gasteiger partial charge on any atom is -0.478 e. The molecular formula is C22H18ClF2NO4. The van der Waals surface area contributed by atoms with Crippen molar-refractivity contribution in [2.24, 2.45) is 5.92 Å². The van der Waals surface area contributed by atoms with Crippen LogP contribution >= 0.6 is 11.6 Å². The molecule has 30 heavy (non-hydrogen) atoms.